The van der Waals surface area contributed by atoms with Gasteiger partial charge in [-0.25, -0.2) is 4.98 Å². The maximum absolute atomic E-state index is 13.4. The van der Waals surface area contributed by atoms with Gasteiger partial charge in [0, 0.05) is 4.88 Å². The van der Waals surface area contributed by atoms with Gasteiger partial charge < -0.3 is 10.1 Å². The van der Waals surface area contributed by atoms with Crippen LogP contribution in [0.15, 0.2) is 64.5 Å². The van der Waals surface area contributed by atoms with E-state index in [4.69, 9.17) is 9.72 Å². The molecule has 0 aliphatic carbocycles. The molecule has 1 amide bonds. The standard InChI is InChI=1S/C25H25N3O3S2/c1-4-31-20-13-9-8-12-19(20)26-21(29)15-32-25-27-23-22(16(2)17(3)33-23)24(30)28(25)14-18-10-6-5-7-11-18/h5-13H,4,14-15H2,1-3H3,(H,26,29). The lowest BCUT2D eigenvalue weighted by Crippen LogP contribution is -2.24. The van der Waals surface area contributed by atoms with E-state index < -0.39 is 0 Å². The molecule has 8 heteroatoms. The monoisotopic (exact) mass is 479 g/mol. The quantitative estimate of drug-likeness (QED) is 0.276. The van der Waals surface area contributed by atoms with E-state index in [1.807, 2.05) is 69.3 Å². The van der Waals surface area contributed by atoms with Crippen LogP contribution in [0.4, 0.5) is 5.69 Å². The van der Waals surface area contributed by atoms with E-state index in [0.717, 1.165) is 16.0 Å². The zero-order valence-corrected chi connectivity index (χ0v) is 20.4. The van der Waals surface area contributed by atoms with Crippen molar-refractivity contribution < 1.29 is 9.53 Å². The van der Waals surface area contributed by atoms with Gasteiger partial charge in [0.2, 0.25) is 5.91 Å². The molecule has 0 aliphatic heterocycles. The Kier molecular flexibility index (Phi) is 7.15. The van der Waals surface area contributed by atoms with Crippen LogP contribution in [0.5, 0.6) is 5.75 Å². The maximum Gasteiger partial charge on any atom is 0.263 e. The highest BCUT2D eigenvalue weighted by Crippen LogP contribution is 2.29. The normalized spacial score (nSPS) is 11.0. The predicted molar refractivity (Wildman–Crippen MR) is 136 cm³/mol. The van der Waals surface area contributed by atoms with Crippen LogP contribution in [-0.2, 0) is 11.3 Å². The smallest absolute Gasteiger partial charge is 0.263 e. The summed E-state index contributed by atoms with van der Waals surface area (Å²) in [7, 11) is 0. The molecule has 0 unspecified atom stereocenters. The van der Waals surface area contributed by atoms with Crippen molar-refractivity contribution in [3.05, 3.63) is 81.0 Å². The third-order valence-corrected chi connectivity index (χ3v) is 7.31. The van der Waals surface area contributed by atoms with Gasteiger partial charge in [-0.3, -0.25) is 14.2 Å². The molecule has 0 spiro atoms. The number of hydrogen-bond acceptors (Lipinski definition) is 6. The Bertz CT molecular complexity index is 1350. The molecule has 0 saturated carbocycles. The summed E-state index contributed by atoms with van der Waals surface area (Å²) in [5.74, 6) is 0.561. The number of nitrogens with one attached hydrogen (secondary N) is 1. The number of benzene rings is 2. The molecule has 2 heterocycles. The van der Waals surface area contributed by atoms with Gasteiger partial charge in [0.15, 0.2) is 5.16 Å². The number of carbonyl (C=O) groups is 1. The summed E-state index contributed by atoms with van der Waals surface area (Å²) < 4.78 is 7.26. The van der Waals surface area contributed by atoms with Gasteiger partial charge in [0.1, 0.15) is 10.6 Å². The highest BCUT2D eigenvalue weighted by Gasteiger charge is 2.18. The second-order valence-electron chi connectivity index (χ2n) is 7.50. The van der Waals surface area contributed by atoms with Crippen LogP contribution in [0.25, 0.3) is 10.2 Å². The largest absolute Gasteiger partial charge is 0.492 e. The van der Waals surface area contributed by atoms with Crippen molar-refractivity contribution in [3.8, 4) is 5.75 Å². The van der Waals surface area contributed by atoms with Gasteiger partial charge in [-0.15, -0.1) is 11.3 Å². The van der Waals surface area contributed by atoms with Crippen LogP contribution in [0.2, 0.25) is 0 Å². The second kappa shape index (κ2) is 10.2. The molecule has 0 aliphatic rings. The zero-order chi connectivity index (χ0) is 23.4. The van der Waals surface area contributed by atoms with Crippen molar-refractivity contribution in [2.24, 2.45) is 0 Å². The first-order valence-electron chi connectivity index (χ1n) is 10.7. The number of anilines is 1. The highest BCUT2D eigenvalue weighted by atomic mass is 32.2. The van der Waals surface area contributed by atoms with E-state index in [0.29, 0.717) is 40.0 Å². The molecule has 33 heavy (non-hydrogen) atoms. The van der Waals surface area contributed by atoms with Gasteiger partial charge in [-0.2, -0.15) is 0 Å². The first-order valence-corrected chi connectivity index (χ1v) is 12.5. The van der Waals surface area contributed by atoms with Crippen molar-refractivity contribution in [1.82, 2.24) is 9.55 Å². The Morgan fingerprint density at radius 3 is 2.61 bits per heavy atom. The molecule has 170 valence electrons. The SMILES string of the molecule is CCOc1ccccc1NC(=O)CSc1nc2sc(C)c(C)c2c(=O)n1Cc1ccccc1. The molecule has 2 aromatic heterocycles. The van der Waals surface area contributed by atoms with Crippen LogP contribution in [0, 0.1) is 13.8 Å². The number of fused-ring (bicyclic) bond motifs is 1. The Balaban J connectivity index is 1.62. The molecule has 0 saturated heterocycles. The number of hydrogen-bond donors (Lipinski definition) is 1. The summed E-state index contributed by atoms with van der Waals surface area (Å²) in [6.45, 7) is 6.76. The van der Waals surface area contributed by atoms with E-state index in [9.17, 15) is 9.59 Å². The molecule has 6 nitrogen and oxygen atoms in total. The second-order valence-corrected chi connectivity index (χ2v) is 9.65. The number of thioether (sulfide) groups is 1. The number of carbonyl (C=O) groups excluding carboxylic acids is 1. The Labute approximate surface area is 200 Å². The average Bonchev–Trinajstić information content (AvgIpc) is 3.10. The Morgan fingerprint density at radius 1 is 1.12 bits per heavy atom. The summed E-state index contributed by atoms with van der Waals surface area (Å²) in [5.41, 5.74) is 2.52. The fourth-order valence-electron chi connectivity index (χ4n) is 3.49. The number of ether oxygens (including phenoxy) is 1. The number of thiophene rings is 1. The van der Waals surface area contributed by atoms with Crippen molar-refractivity contribution in [2.45, 2.75) is 32.5 Å². The van der Waals surface area contributed by atoms with E-state index >= 15 is 0 Å². The fraction of sp³-hybridized carbons (Fsp3) is 0.240. The van der Waals surface area contributed by atoms with Gasteiger partial charge in [-0.05, 0) is 44.0 Å². The summed E-state index contributed by atoms with van der Waals surface area (Å²) in [4.78, 5) is 32.7. The van der Waals surface area contributed by atoms with Crippen molar-refractivity contribution in [2.75, 3.05) is 17.7 Å². The van der Waals surface area contributed by atoms with Crippen molar-refractivity contribution in [3.63, 3.8) is 0 Å². The van der Waals surface area contributed by atoms with Crippen LogP contribution in [0.1, 0.15) is 22.9 Å². The fourth-order valence-corrected chi connectivity index (χ4v) is 5.36. The molecule has 4 rings (SSSR count). The number of amides is 1. The summed E-state index contributed by atoms with van der Waals surface area (Å²) >= 11 is 2.77. The number of aryl methyl sites for hydroxylation is 2. The Hall–Kier alpha value is -3.10. The van der Waals surface area contributed by atoms with Crippen LogP contribution in [-0.4, -0.2) is 27.8 Å². The van der Waals surface area contributed by atoms with Gasteiger partial charge in [0.05, 0.1) is 30.0 Å². The van der Waals surface area contributed by atoms with Gasteiger partial charge in [0.25, 0.3) is 5.56 Å². The van der Waals surface area contributed by atoms with Gasteiger partial charge >= 0.3 is 0 Å². The molecular weight excluding hydrogens is 454 g/mol. The molecule has 2 aromatic carbocycles. The van der Waals surface area contributed by atoms with E-state index in [1.54, 1.807) is 10.6 Å². The lowest BCUT2D eigenvalue weighted by molar-refractivity contribution is -0.113. The van der Waals surface area contributed by atoms with Crippen LogP contribution < -0.4 is 15.6 Å². The minimum Gasteiger partial charge on any atom is -0.492 e. The number of para-hydroxylation sites is 2. The molecule has 1 N–H and O–H groups in total. The van der Waals surface area contributed by atoms with Gasteiger partial charge in [-0.1, -0.05) is 54.2 Å². The number of nitrogens with zero attached hydrogens (tertiary/aromatic N) is 2. The molecule has 4 aromatic rings. The lowest BCUT2D eigenvalue weighted by Gasteiger charge is -2.13. The van der Waals surface area contributed by atoms with Crippen LogP contribution >= 0.6 is 23.1 Å². The third-order valence-electron chi connectivity index (χ3n) is 5.23. The van der Waals surface area contributed by atoms with Crippen molar-refractivity contribution in [1.29, 1.82) is 0 Å². The maximum atomic E-state index is 13.4. The average molecular weight is 480 g/mol. The lowest BCUT2D eigenvalue weighted by atomic mass is 10.2. The molecule has 0 bridgehead atoms. The molecule has 0 radical (unpaired) electrons. The number of aromatic nitrogens is 2. The first-order chi connectivity index (χ1) is 16.0. The van der Waals surface area contributed by atoms with E-state index in [-0.39, 0.29) is 17.2 Å². The minimum atomic E-state index is -0.189. The van der Waals surface area contributed by atoms with Crippen LogP contribution in [0.3, 0.4) is 0 Å². The predicted octanol–water partition coefficient (Wildman–Crippen LogP) is 5.25. The molecule has 0 fully saturated rings. The van der Waals surface area contributed by atoms with Crippen molar-refractivity contribution >= 4 is 44.9 Å². The first kappa shape index (κ1) is 23.1. The van der Waals surface area contributed by atoms with E-state index in [1.165, 1.54) is 23.1 Å². The summed E-state index contributed by atoms with van der Waals surface area (Å²) in [5, 5.41) is 4.10. The minimum absolute atomic E-state index is 0.0738. The molecular formula is C25H25N3O3S2. The topological polar surface area (TPSA) is 73.2 Å². The Morgan fingerprint density at radius 2 is 1.85 bits per heavy atom. The zero-order valence-electron chi connectivity index (χ0n) is 18.8. The summed E-state index contributed by atoms with van der Waals surface area (Å²) in [6.07, 6.45) is 0. The third kappa shape index (κ3) is 5.12. The van der Waals surface area contributed by atoms with E-state index in [2.05, 4.69) is 5.32 Å². The summed E-state index contributed by atoms with van der Waals surface area (Å²) in [6, 6.07) is 17.1. The number of rotatable bonds is 8. The molecule has 0 atom stereocenters. The highest BCUT2D eigenvalue weighted by molar-refractivity contribution is 7.99.